The Morgan fingerprint density at radius 1 is 1.16 bits per heavy atom. The van der Waals surface area contributed by atoms with Crippen LogP contribution < -0.4 is 5.73 Å². The Hall–Kier alpha value is -3.32. The fourth-order valence-corrected chi connectivity index (χ4v) is 3.52. The van der Waals surface area contributed by atoms with E-state index in [9.17, 15) is 14.7 Å². The van der Waals surface area contributed by atoms with Crippen LogP contribution in [0.1, 0.15) is 15.2 Å². The van der Waals surface area contributed by atoms with Gasteiger partial charge in [0.25, 0.3) is 0 Å². The van der Waals surface area contributed by atoms with E-state index >= 15 is 0 Å². The topological polar surface area (TPSA) is 98.5 Å². The molecule has 0 fully saturated rings. The minimum atomic E-state index is -0.863. The largest absolute Gasteiger partial charge is 0.494 e. The third-order valence-electron chi connectivity index (χ3n) is 3.94. The molecule has 3 N–H and O–H groups in total. The highest BCUT2D eigenvalue weighted by atomic mass is 32.1. The normalized spacial score (nSPS) is 11.0. The standard InChI is InChI=1S/C18H12N2O4S/c19-18(23)20-12-6-5-10(13-3-1-7-24-13)9-11(12)15(17(20)22)16(21)14-4-2-8-25-14/h1-9,22H,(H2,19,23). The van der Waals surface area contributed by atoms with Crippen LogP contribution >= 0.6 is 11.3 Å². The van der Waals surface area contributed by atoms with Gasteiger partial charge in [0.15, 0.2) is 0 Å². The first-order valence-electron chi connectivity index (χ1n) is 7.37. The molecule has 4 aromatic rings. The minimum absolute atomic E-state index is 0.0460. The minimum Gasteiger partial charge on any atom is -0.494 e. The molecule has 0 radical (unpaired) electrons. The Balaban J connectivity index is 2.02. The van der Waals surface area contributed by atoms with Gasteiger partial charge in [-0.1, -0.05) is 6.07 Å². The zero-order valence-electron chi connectivity index (χ0n) is 12.8. The van der Waals surface area contributed by atoms with Crippen LogP contribution in [0.15, 0.2) is 58.5 Å². The number of furan rings is 1. The van der Waals surface area contributed by atoms with Crippen molar-refractivity contribution in [2.75, 3.05) is 0 Å². The number of thiophene rings is 1. The van der Waals surface area contributed by atoms with Gasteiger partial charge in [0.2, 0.25) is 11.7 Å². The first-order valence-corrected chi connectivity index (χ1v) is 8.25. The van der Waals surface area contributed by atoms with Crippen LogP contribution in [-0.2, 0) is 0 Å². The Morgan fingerprint density at radius 3 is 2.64 bits per heavy atom. The number of carbonyl (C=O) groups excluding carboxylic acids is 2. The Kier molecular flexibility index (Phi) is 3.43. The number of fused-ring (bicyclic) bond motifs is 1. The number of carbonyl (C=O) groups is 2. The van der Waals surface area contributed by atoms with Gasteiger partial charge in [-0.15, -0.1) is 11.3 Å². The van der Waals surface area contributed by atoms with E-state index in [0.29, 0.717) is 21.5 Å². The molecular weight excluding hydrogens is 340 g/mol. The second kappa shape index (κ2) is 5.64. The van der Waals surface area contributed by atoms with Gasteiger partial charge in [-0.05, 0) is 41.8 Å². The van der Waals surface area contributed by atoms with Crippen LogP contribution in [0.4, 0.5) is 4.79 Å². The van der Waals surface area contributed by atoms with E-state index in [1.54, 1.807) is 54.1 Å². The highest BCUT2D eigenvalue weighted by molar-refractivity contribution is 7.12. The summed E-state index contributed by atoms with van der Waals surface area (Å²) < 4.78 is 6.31. The number of hydrogen-bond acceptors (Lipinski definition) is 5. The van der Waals surface area contributed by atoms with Gasteiger partial charge in [0.1, 0.15) is 5.76 Å². The first-order chi connectivity index (χ1) is 12.1. The molecule has 0 aliphatic carbocycles. The average molecular weight is 352 g/mol. The van der Waals surface area contributed by atoms with Crippen molar-refractivity contribution in [3.8, 4) is 17.2 Å². The summed E-state index contributed by atoms with van der Waals surface area (Å²) in [6.45, 7) is 0. The fraction of sp³-hybridized carbons (Fsp3) is 0. The molecule has 0 aliphatic rings. The number of amides is 1. The molecule has 0 saturated heterocycles. The molecule has 0 unspecified atom stereocenters. The highest BCUT2D eigenvalue weighted by Gasteiger charge is 2.26. The van der Waals surface area contributed by atoms with Gasteiger partial charge in [0, 0.05) is 10.9 Å². The van der Waals surface area contributed by atoms with Gasteiger partial charge in [-0.25, -0.2) is 9.36 Å². The number of hydrogen-bond donors (Lipinski definition) is 2. The molecule has 3 aromatic heterocycles. The number of aromatic nitrogens is 1. The summed E-state index contributed by atoms with van der Waals surface area (Å²) >= 11 is 1.26. The summed E-state index contributed by atoms with van der Waals surface area (Å²) in [7, 11) is 0. The molecule has 0 bridgehead atoms. The molecule has 6 nitrogen and oxygen atoms in total. The maximum absolute atomic E-state index is 12.8. The SMILES string of the molecule is NC(=O)n1c(O)c(C(=O)c2cccs2)c2cc(-c3ccco3)ccc21. The summed E-state index contributed by atoms with van der Waals surface area (Å²) in [4.78, 5) is 25.1. The zero-order chi connectivity index (χ0) is 17.6. The molecule has 0 aliphatic heterocycles. The number of aromatic hydroxyl groups is 1. The molecule has 7 heteroatoms. The van der Waals surface area contributed by atoms with Crippen LogP contribution in [-0.4, -0.2) is 21.5 Å². The molecule has 25 heavy (non-hydrogen) atoms. The molecule has 4 rings (SSSR count). The third-order valence-corrected chi connectivity index (χ3v) is 4.81. The summed E-state index contributed by atoms with van der Waals surface area (Å²) in [5, 5.41) is 12.7. The summed E-state index contributed by atoms with van der Waals surface area (Å²) in [5.74, 6) is -0.214. The lowest BCUT2D eigenvalue weighted by molar-refractivity contribution is 0.104. The van der Waals surface area contributed by atoms with Crippen molar-refractivity contribution >= 4 is 34.1 Å². The number of benzene rings is 1. The molecular formula is C18H12N2O4S. The van der Waals surface area contributed by atoms with Crippen LogP contribution in [0.5, 0.6) is 5.88 Å². The van der Waals surface area contributed by atoms with E-state index in [0.717, 1.165) is 10.1 Å². The molecule has 0 saturated carbocycles. The van der Waals surface area contributed by atoms with Crippen molar-refractivity contribution in [1.29, 1.82) is 0 Å². The predicted octanol–water partition coefficient (Wildman–Crippen LogP) is 3.83. The van der Waals surface area contributed by atoms with Gasteiger partial charge >= 0.3 is 6.03 Å². The maximum atomic E-state index is 12.8. The van der Waals surface area contributed by atoms with Crippen molar-refractivity contribution in [2.45, 2.75) is 0 Å². The molecule has 0 atom stereocenters. The number of ketones is 1. The predicted molar refractivity (Wildman–Crippen MR) is 94.0 cm³/mol. The highest BCUT2D eigenvalue weighted by Crippen LogP contribution is 2.36. The smallest absolute Gasteiger partial charge is 0.326 e. The number of nitrogens with zero attached hydrogens (tertiary/aromatic N) is 1. The van der Waals surface area contributed by atoms with Crippen molar-refractivity contribution in [2.24, 2.45) is 5.73 Å². The second-order valence-electron chi connectivity index (χ2n) is 5.39. The lowest BCUT2D eigenvalue weighted by atomic mass is 10.0. The molecule has 0 spiro atoms. The van der Waals surface area contributed by atoms with E-state index in [1.165, 1.54) is 11.3 Å². The Labute approximate surface area is 145 Å². The van der Waals surface area contributed by atoms with Crippen molar-refractivity contribution in [1.82, 2.24) is 4.57 Å². The Bertz CT molecular complexity index is 1090. The molecule has 124 valence electrons. The quantitative estimate of drug-likeness (QED) is 0.548. The third kappa shape index (κ3) is 2.33. The molecule has 1 amide bonds. The lowest BCUT2D eigenvalue weighted by Crippen LogP contribution is -2.18. The van der Waals surface area contributed by atoms with Crippen molar-refractivity contribution in [3.05, 3.63) is 64.5 Å². The fourth-order valence-electron chi connectivity index (χ4n) is 2.85. The van der Waals surface area contributed by atoms with E-state index in [1.807, 2.05) is 0 Å². The number of rotatable bonds is 3. The van der Waals surface area contributed by atoms with Gasteiger partial charge in [-0.3, -0.25) is 4.79 Å². The average Bonchev–Trinajstić information content (AvgIpc) is 3.33. The van der Waals surface area contributed by atoms with Crippen molar-refractivity contribution in [3.63, 3.8) is 0 Å². The van der Waals surface area contributed by atoms with E-state index in [-0.39, 0.29) is 11.3 Å². The number of primary amides is 1. The van der Waals surface area contributed by atoms with Crippen LogP contribution in [0, 0.1) is 0 Å². The summed E-state index contributed by atoms with van der Waals surface area (Å²) in [6.07, 6.45) is 1.54. The summed E-state index contributed by atoms with van der Waals surface area (Å²) in [6, 6.07) is 11.2. The Morgan fingerprint density at radius 2 is 2.00 bits per heavy atom. The van der Waals surface area contributed by atoms with Crippen LogP contribution in [0.3, 0.4) is 0 Å². The van der Waals surface area contributed by atoms with E-state index in [2.05, 4.69) is 0 Å². The second-order valence-corrected chi connectivity index (χ2v) is 6.34. The van der Waals surface area contributed by atoms with Gasteiger partial charge in [0.05, 0.1) is 22.2 Å². The molecule has 3 heterocycles. The van der Waals surface area contributed by atoms with E-state index in [4.69, 9.17) is 10.2 Å². The van der Waals surface area contributed by atoms with Gasteiger partial charge < -0.3 is 15.3 Å². The zero-order valence-corrected chi connectivity index (χ0v) is 13.6. The lowest BCUT2D eigenvalue weighted by Gasteiger charge is -2.01. The van der Waals surface area contributed by atoms with Crippen LogP contribution in [0.2, 0.25) is 0 Å². The monoisotopic (exact) mass is 352 g/mol. The maximum Gasteiger partial charge on any atom is 0.326 e. The first kappa shape index (κ1) is 15.2. The van der Waals surface area contributed by atoms with Gasteiger partial charge in [-0.2, -0.15) is 0 Å². The van der Waals surface area contributed by atoms with Crippen LogP contribution in [0.25, 0.3) is 22.2 Å². The van der Waals surface area contributed by atoms with E-state index < -0.39 is 11.9 Å². The van der Waals surface area contributed by atoms with Crippen molar-refractivity contribution < 1.29 is 19.1 Å². The molecule has 1 aromatic carbocycles. The summed E-state index contributed by atoms with van der Waals surface area (Å²) in [5.41, 5.74) is 6.51. The number of nitrogens with two attached hydrogens (primary N) is 1.